The third kappa shape index (κ3) is 3.79. The molecule has 2 saturated heterocycles. The number of nitrogens with zero attached hydrogens (tertiary/aromatic N) is 1. The number of carboxylic acids is 1. The molecule has 20 heavy (non-hydrogen) atoms. The van der Waals surface area contributed by atoms with Gasteiger partial charge in [0, 0.05) is 17.9 Å². The van der Waals surface area contributed by atoms with Gasteiger partial charge in [0.25, 0.3) is 0 Å². The number of hydrogen-bond acceptors (Lipinski definition) is 4. The Morgan fingerprint density at radius 3 is 2.55 bits per heavy atom. The maximum Gasteiger partial charge on any atom is 0.317 e. The first-order chi connectivity index (χ1) is 9.47. The molecule has 2 aliphatic rings. The first-order valence-electron chi connectivity index (χ1n) is 7.67. The zero-order valence-electron chi connectivity index (χ0n) is 12.5. The fourth-order valence-corrected chi connectivity index (χ4v) is 3.36. The molecule has 0 radical (unpaired) electrons. The standard InChI is InChI=1S/C15H26N2O3/c1-10(2)15(20)12-3-4-17(9-14(18)19)13(6-12)5-11-7-16-8-11/h10-13,16H,3-9H2,1-2H3,(H,18,19)/t12-,13-/m0/s1. The number of nitrogens with one attached hydrogen (secondary N) is 1. The van der Waals surface area contributed by atoms with Crippen molar-refractivity contribution in [1.82, 2.24) is 10.2 Å². The van der Waals surface area contributed by atoms with Gasteiger partial charge in [0.05, 0.1) is 6.54 Å². The van der Waals surface area contributed by atoms with Crippen LogP contribution in [0.4, 0.5) is 0 Å². The molecule has 2 heterocycles. The zero-order chi connectivity index (χ0) is 14.7. The molecule has 0 amide bonds. The maximum atomic E-state index is 12.2. The summed E-state index contributed by atoms with van der Waals surface area (Å²) in [6.07, 6.45) is 2.66. The highest BCUT2D eigenvalue weighted by Crippen LogP contribution is 2.30. The van der Waals surface area contributed by atoms with Crippen molar-refractivity contribution in [3.05, 3.63) is 0 Å². The second-order valence-corrected chi connectivity index (χ2v) is 6.56. The minimum Gasteiger partial charge on any atom is -0.480 e. The van der Waals surface area contributed by atoms with Gasteiger partial charge in [-0.25, -0.2) is 0 Å². The van der Waals surface area contributed by atoms with Gasteiger partial charge < -0.3 is 10.4 Å². The highest BCUT2D eigenvalue weighted by atomic mass is 16.4. The van der Waals surface area contributed by atoms with Crippen LogP contribution in [0.25, 0.3) is 0 Å². The summed E-state index contributed by atoms with van der Waals surface area (Å²) in [5.74, 6) is 0.423. The Labute approximate surface area is 120 Å². The van der Waals surface area contributed by atoms with Gasteiger partial charge in [0.1, 0.15) is 5.78 Å². The second kappa shape index (κ2) is 6.68. The van der Waals surface area contributed by atoms with Gasteiger partial charge >= 0.3 is 5.97 Å². The summed E-state index contributed by atoms with van der Waals surface area (Å²) in [5.41, 5.74) is 0. The molecule has 2 N–H and O–H groups in total. The topological polar surface area (TPSA) is 69.6 Å². The van der Waals surface area contributed by atoms with E-state index in [2.05, 4.69) is 10.2 Å². The Kier molecular flexibility index (Phi) is 5.16. The molecule has 0 unspecified atom stereocenters. The minimum atomic E-state index is -0.768. The number of rotatable bonds is 6. The smallest absolute Gasteiger partial charge is 0.317 e. The largest absolute Gasteiger partial charge is 0.480 e. The molecule has 0 spiro atoms. The molecular weight excluding hydrogens is 256 g/mol. The summed E-state index contributed by atoms with van der Waals surface area (Å²) in [5, 5.41) is 12.3. The molecule has 5 nitrogen and oxygen atoms in total. The van der Waals surface area contributed by atoms with Crippen molar-refractivity contribution in [3.63, 3.8) is 0 Å². The molecule has 2 atom stereocenters. The van der Waals surface area contributed by atoms with Crippen LogP contribution >= 0.6 is 0 Å². The van der Waals surface area contributed by atoms with Gasteiger partial charge in [-0.2, -0.15) is 0 Å². The number of carbonyl (C=O) groups is 2. The average Bonchev–Trinajstić information content (AvgIpc) is 2.33. The number of carbonyl (C=O) groups excluding carboxylic acids is 1. The summed E-state index contributed by atoms with van der Waals surface area (Å²) < 4.78 is 0. The van der Waals surface area contributed by atoms with E-state index in [0.29, 0.717) is 11.7 Å². The van der Waals surface area contributed by atoms with Crippen molar-refractivity contribution in [1.29, 1.82) is 0 Å². The first-order valence-corrected chi connectivity index (χ1v) is 7.67. The molecule has 0 saturated carbocycles. The number of likely N-dealkylation sites (tertiary alicyclic amines) is 1. The molecular formula is C15H26N2O3. The minimum absolute atomic E-state index is 0.0806. The molecule has 2 aliphatic heterocycles. The molecule has 114 valence electrons. The molecule has 5 heteroatoms. The van der Waals surface area contributed by atoms with Crippen LogP contribution in [-0.4, -0.2) is 54.0 Å². The van der Waals surface area contributed by atoms with Crippen LogP contribution in [0.1, 0.15) is 33.1 Å². The molecule has 2 rings (SSSR count). The molecule has 2 fully saturated rings. The maximum absolute atomic E-state index is 12.2. The third-order valence-electron chi connectivity index (χ3n) is 4.62. The molecule has 0 aromatic rings. The number of aliphatic carboxylic acids is 1. The second-order valence-electron chi connectivity index (χ2n) is 6.56. The Hall–Kier alpha value is -0.940. The van der Waals surface area contributed by atoms with Crippen molar-refractivity contribution in [2.45, 2.75) is 39.2 Å². The molecule has 0 aromatic heterocycles. The summed E-state index contributed by atoms with van der Waals surface area (Å²) in [4.78, 5) is 25.2. The molecule has 0 aliphatic carbocycles. The Morgan fingerprint density at radius 2 is 2.05 bits per heavy atom. The summed E-state index contributed by atoms with van der Waals surface area (Å²) >= 11 is 0. The van der Waals surface area contributed by atoms with Crippen LogP contribution in [-0.2, 0) is 9.59 Å². The van der Waals surface area contributed by atoms with Crippen LogP contribution in [0, 0.1) is 17.8 Å². The lowest BCUT2D eigenvalue weighted by molar-refractivity contribution is -0.140. The van der Waals surface area contributed by atoms with Crippen molar-refractivity contribution in [2.24, 2.45) is 17.8 Å². The number of piperidine rings is 1. The quantitative estimate of drug-likeness (QED) is 0.760. The fourth-order valence-electron chi connectivity index (χ4n) is 3.36. The molecule has 0 bridgehead atoms. The van der Waals surface area contributed by atoms with Crippen molar-refractivity contribution in [3.8, 4) is 0 Å². The van der Waals surface area contributed by atoms with E-state index >= 15 is 0 Å². The van der Waals surface area contributed by atoms with Gasteiger partial charge in [0.2, 0.25) is 0 Å². The SMILES string of the molecule is CC(C)C(=O)[C@H]1CCN(CC(=O)O)[C@@H](CC2CNC2)C1. The Bertz CT molecular complexity index is 366. The summed E-state index contributed by atoms with van der Waals surface area (Å²) in [7, 11) is 0. The van der Waals surface area contributed by atoms with Crippen LogP contribution < -0.4 is 5.32 Å². The highest BCUT2D eigenvalue weighted by Gasteiger charge is 2.35. The lowest BCUT2D eigenvalue weighted by atomic mass is 9.80. The van der Waals surface area contributed by atoms with E-state index in [0.717, 1.165) is 38.9 Å². The van der Waals surface area contributed by atoms with E-state index in [4.69, 9.17) is 5.11 Å². The normalized spacial score (nSPS) is 28.4. The van der Waals surface area contributed by atoms with E-state index in [1.807, 2.05) is 13.8 Å². The van der Waals surface area contributed by atoms with Gasteiger partial charge in [-0.15, -0.1) is 0 Å². The summed E-state index contributed by atoms with van der Waals surface area (Å²) in [6.45, 7) is 6.81. The molecule has 0 aromatic carbocycles. The van der Waals surface area contributed by atoms with Crippen molar-refractivity contribution in [2.75, 3.05) is 26.2 Å². The lowest BCUT2D eigenvalue weighted by Crippen LogP contribution is -2.51. The van der Waals surface area contributed by atoms with Gasteiger partial charge in [-0.1, -0.05) is 13.8 Å². The van der Waals surface area contributed by atoms with E-state index in [1.165, 1.54) is 0 Å². The predicted octanol–water partition coefficient (Wildman–Crippen LogP) is 0.986. The lowest BCUT2D eigenvalue weighted by Gasteiger charge is -2.41. The third-order valence-corrected chi connectivity index (χ3v) is 4.62. The van der Waals surface area contributed by atoms with Crippen LogP contribution in [0.2, 0.25) is 0 Å². The van der Waals surface area contributed by atoms with Gasteiger partial charge in [-0.05, 0) is 44.8 Å². The first kappa shape index (κ1) is 15.4. The van der Waals surface area contributed by atoms with Crippen molar-refractivity contribution >= 4 is 11.8 Å². The van der Waals surface area contributed by atoms with E-state index in [-0.39, 0.29) is 24.4 Å². The zero-order valence-corrected chi connectivity index (χ0v) is 12.5. The fraction of sp³-hybridized carbons (Fsp3) is 0.867. The number of carboxylic acid groups (broad SMARTS) is 1. The number of ketones is 1. The van der Waals surface area contributed by atoms with E-state index in [9.17, 15) is 9.59 Å². The Balaban J connectivity index is 1.97. The number of hydrogen-bond donors (Lipinski definition) is 2. The van der Waals surface area contributed by atoms with Gasteiger partial charge in [0.15, 0.2) is 0 Å². The van der Waals surface area contributed by atoms with Crippen molar-refractivity contribution < 1.29 is 14.7 Å². The van der Waals surface area contributed by atoms with Crippen LogP contribution in [0.5, 0.6) is 0 Å². The van der Waals surface area contributed by atoms with Crippen LogP contribution in [0.3, 0.4) is 0 Å². The van der Waals surface area contributed by atoms with E-state index in [1.54, 1.807) is 0 Å². The highest BCUT2D eigenvalue weighted by molar-refractivity contribution is 5.83. The van der Waals surface area contributed by atoms with Crippen LogP contribution in [0.15, 0.2) is 0 Å². The van der Waals surface area contributed by atoms with E-state index < -0.39 is 5.97 Å². The Morgan fingerprint density at radius 1 is 1.35 bits per heavy atom. The van der Waals surface area contributed by atoms with Gasteiger partial charge in [-0.3, -0.25) is 14.5 Å². The average molecular weight is 282 g/mol. The summed E-state index contributed by atoms with van der Waals surface area (Å²) in [6, 6.07) is 0.250. The number of Topliss-reactive ketones (excluding diaryl/α,β-unsaturated/α-hetero) is 1. The monoisotopic (exact) mass is 282 g/mol. The predicted molar refractivity (Wildman–Crippen MR) is 76.5 cm³/mol.